The number of rotatable bonds is 6. The fraction of sp³-hybridized carbons (Fsp3) is 0.714. The van der Waals surface area contributed by atoms with Crippen molar-refractivity contribution in [3.05, 3.63) is 16.1 Å². The molecule has 2 rings (SSSR count). The number of aliphatic carboxylic acids is 1. The van der Waals surface area contributed by atoms with Crippen LogP contribution in [0.1, 0.15) is 50.2 Å². The Morgan fingerprint density at radius 3 is 2.95 bits per heavy atom. The van der Waals surface area contributed by atoms with Crippen LogP contribution in [-0.4, -0.2) is 33.0 Å². The van der Waals surface area contributed by atoms with E-state index < -0.39 is 11.5 Å². The van der Waals surface area contributed by atoms with Crippen molar-refractivity contribution >= 4 is 17.3 Å². The first-order valence-electron chi connectivity index (χ1n) is 7.04. The van der Waals surface area contributed by atoms with Crippen LogP contribution in [0, 0.1) is 0 Å². The molecule has 1 N–H and O–H groups in total. The second-order valence-electron chi connectivity index (χ2n) is 5.20. The number of hydrogen-bond acceptors (Lipinski definition) is 4. The fourth-order valence-corrected chi connectivity index (χ4v) is 3.73. The number of thiazole rings is 1. The first-order chi connectivity index (χ1) is 9.12. The minimum Gasteiger partial charge on any atom is -0.480 e. The first kappa shape index (κ1) is 14.5. The van der Waals surface area contributed by atoms with Crippen LogP contribution in [0.2, 0.25) is 0 Å². The van der Waals surface area contributed by atoms with Crippen molar-refractivity contribution in [2.75, 3.05) is 6.54 Å². The molecule has 1 saturated heterocycles. The van der Waals surface area contributed by atoms with Crippen molar-refractivity contribution in [3.63, 3.8) is 0 Å². The lowest BCUT2D eigenvalue weighted by molar-refractivity contribution is -0.150. The smallest absolute Gasteiger partial charge is 0.324 e. The second kappa shape index (κ2) is 6.01. The standard InChI is InChI=1S/C14H22N2O2S/c1-3-6-14(13(17)18)7-5-8-16(14)9-11-10-19-12(4-2)15-11/h10H,3-9H2,1-2H3,(H,17,18). The maximum Gasteiger partial charge on any atom is 0.324 e. The Balaban J connectivity index is 2.15. The lowest BCUT2D eigenvalue weighted by atomic mass is 9.90. The molecule has 0 saturated carbocycles. The van der Waals surface area contributed by atoms with Gasteiger partial charge in [-0.15, -0.1) is 11.3 Å². The zero-order valence-corrected chi connectivity index (χ0v) is 12.5. The summed E-state index contributed by atoms with van der Waals surface area (Å²) in [5.74, 6) is -0.669. The van der Waals surface area contributed by atoms with Crippen LogP contribution in [0.15, 0.2) is 5.38 Å². The molecule has 0 aromatic carbocycles. The average Bonchev–Trinajstić information content (AvgIpc) is 2.98. The Morgan fingerprint density at radius 1 is 1.58 bits per heavy atom. The van der Waals surface area contributed by atoms with Crippen LogP contribution in [0.25, 0.3) is 0 Å². The molecule has 1 aliphatic rings. The summed E-state index contributed by atoms with van der Waals surface area (Å²) in [4.78, 5) is 18.4. The zero-order valence-electron chi connectivity index (χ0n) is 11.7. The Labute approximate surface area is 118 Å². The quantitative estimate of drug-likeness (QED) is 0.871. The van der Waals surface area contributed by atoms with Gasteiger partial charge in [0.2, 0.25) is 0 Å². The molecule has 5 heteroatoms. The van der Waals surface area contributed by atoms with E-state index in [0.29, 0.717) is 6.54 Å². The molecule has 1 fully saturated rings. The van der Waals surface area contributed by atoms with Crippen molar-refractivity contribution < 1.29 is 9.90 Å². The van der Waals surface area contributed by atoms with Crippen molar-refractivity contribution in [1.82, 2.24) is 9.88 Å². The molecule has 0 spiro atoms. The molecule has 1 aromatic heterocycles. The van der Waals surface area contributed by atoms with Crippen LogP contribution in [0.4, 0.5) is 0 Å². The van der Waals surface area contributed by atoms with Crippen LogP contribution in [0.3, 0.4) is 0 Å². The van der Waals surface area contributed by atoms with E-state index >= 15 is 0 Å². The van der Waals surface area contributed by atoms with Crippen LogP contribution in [-0.2, 0) is 17.8 Å². The largest absolute Gasteiger partial charge is 0.480 e. The number of carboxylic acid groups (broad SMARTS) is 1. The SMILES string of the molecule is CCCC1(C(=O)O)CCCN1Cc1csc(CC)n1. The van der Waals surface area contributed by atoms with E-state index in [1.165, 1.54) is 0 Å². The number of aryl methyl sites for hydroxylation is 1. The van der Waals surface area contributed by atoms with Gasteiger partial charge >= 0.3 is 5.97 Å². The summed E-state index contributed by atoms with van der Waals surface area (Å²) in [6.07, 6.45) is 4.31. The van der Waals surface area contributed by atoms with Gasteiger partial charge < -0.3 is 5.11 Å². The van der Waals surface area contributed by atoms with E-state index in [0.717, 1.165) is 49.4 Å². The number of carboxylic acids is 1. The molecular formula is C14H22N2O2S. The summed E-state index contributed by atoms with van der Waals surface area (Å²) in [5.41, 5.74) is 0.357. The van der Waals surface area contributed by atoms with E-state index in [1.54, 1.807) is 11.3 Å². The highest BCUT2D eigenvalue weighted by atomic mass is 32.1. The number of hydrogen-bond donors (Lipinski definition) is 1. The highest BCUT2D eigenvalue weighted by Crippen LogP contribution is 2.35. The van der Waals surface area contributed by atoms with Crippen LogP contribution in [0.5, 0.6) is 0 Å². The summed E-state index contributed by atoms with van der Waals surface area (Å²) in [7, 11) is 0. The second-order valence-corrected chi connectivity index (χ2v) is 6.14. The van der Waals surface area contributed by atoms with Crippen molar-refractivity contribution in [2.45, 2.75) is 58.0 Å². The van der Waals surface area contributed by atoms with E-state index in [-0.39, 0.29) is 0 Å². The summed E-state index contributed by atoms with van der Waals surface area (Å²) in [6.45, 7) is 5.68. The van der Waals surface area contributed by atoms with E-state index in [2.05, 4.69) is 29.1 Å². The third kappa shape index (κ3) is 2.82. The predicted octanol–water partition coefficient (Wildman–Crippen LogP) is 2.92. The minimum absolute atomic E-state index is 0.662. The Hall–Kier alpha value is -0.940. The maximum atomic E-state index is 11.7. The normalized spacial score (nSPS) is 23.9. The Kier molecular flexibility index (Phi) is 4.58. The van der Waals surface area contributed by atoms with Gasteiger partial charge in [-0.05, 0) is 32.2 Å². The Bertz CT molecular complexity index is 446. The lowest BCUT2D eigenvalue weighted by Gasteiger charge is -2.34. The van der Waals surface area contributed by atoms with Gasteiger partial charge in [-0.25, -0.2) is 4.98 Å². The van der Waals surface area contributed by atoms with Crippen molar-refractivity contribution in [2.24, 2.45) is 0 Å². The summed E-state index contributed by atoms with van der Waals surface area (Å²) in [5, 5.41) is 12.8. The summed E-state index contributed by atoms with van der Waals surface area (Å²) < 4.78 is 0. The average molecular weight is 282 g/mol. The highest BCUT2D eigenvalue weighted by molar-refractivity contribution is 7.09. The number of carbonyl (C=O) groups is 1. The molecule has 0 aliphatic carbocycles. The van der Waals surface area contributed by atoms with Crippen LogP contribution < -0.4 is 0 Å². The third-order valence-electron chi connectivity index (χ3n) is 3.94. The maximum absolute atomic E-state index is 11.7. The third-order valence-corrected chi connectivity index (χ3v) is 4.98. The van der Waals surface area contributed by atoms with Crippen LogP contribution >= 0.6 is 11.3 Å². The first-order valence-corrected chi connectivity index (χ1v) is 7.92. The number of aromatic nitrogens is 1. The zero-order chi connectivity index (χ0) is 13.9. The van der Waals surface area contributed by atoms with Gasteiger partial charge in [-0.3, -0.25) is 9.69 Å². The molecule has 1 aliphatic heterocycles. The fourth-order valence-electron chi connectivity index (χ4n) is 2.99. The lowest BCUT2D eigenvalue weighted by Crippen LogP contribution is -2.50. The molecule has 1 atom stereocenters. The van der Waals surface area contributed by atoms with E-state index in [4.69, 9.17) is 0 Å². The van der Waals surface area contributed by atoms with E-state index in [9.17, 15) is 9.90 Å². The topological polar surface area (TPSA) is 53.4 Å². The molecule has 4 nitrogen and oxygen atoms in total. The van der Waals surface area contributed by atoms with Crippen molar-refractivity contribution in [3.8, 4) is 0 Å². The molecule has 1 unspecified atom stereocenters. The van der Waals surface area contributed by atoms with Gasteiger partial charge in [0.15, 0.2) is 0 Å². The van der Waals surface area contributed by atoms with Gasteiger partial charge in [0.05, 0.1) is 10.7 Å². The minimum atomic E-state index is -0.669. The Morgan fingerprint density at radius 2 is 2.37 bits per heavy atom. The molecule has 0 radical (unpaired) electrons. The van der Waals surface area contributed by atoms with Gasteiger partial charge in [-0.2, -0.15) is 0 Å². The predicted molar refractivity (Wildman–Crippen MR) is 76.4 cm³/mol. The highest BCUT2D eigenvalue weighted by Gasteiger charge is 2.46. The molecule has 0 amide bonds. The van der Waals surface area contributed by atoms with E-state index in [1.807, 2.05) is 0 Å². The molecule has 1 aromatic rings. The molecular weight excluding hydrogens is 260 g/mol. The molecule has 0 bridgehead atoms. The summed E-state index contributed by atoms with van der Waals surface area (Å²) >= 11 is 1.67. The molecule has 19 heavy (non-hydrogen) atoms. The molecule has 106 valence electrons. The number of likely N-dealkylation sites (tertiary alicyclic amines) is 1. The monoisotopic (exact) mass is 282 g/mol. The van der Waals surface area contributed by atoms with Gasteiger partial charge in [0.25, 0.3) is 0 Å². The van der Waals surface area contributed by atoms with Gasteiger partial charge in [0, 0.05) is 11.9 Å². The van der Waals surface area contributed by atoms with Gasteiger partial charge in [-0.1, -0.05) is 20.3 Å². The van der Waals surface area contributed by atoms with Crippen molar-refractivity contribution in [1.29, 1.82) is 0 Å². The molecule has 2 heterocycles. The van der Waals surface area contributed by atoms with Gasteiger partial charge in [0.1, 0.15) is 5.54 Å². The number of nitrogens with zero attached hydrogens (tertiary/aromatic N) is 2. The summed E-state index contributed by atoms with van der Waals surface area (Å²) in [6, 6.07) is 0.